The SMILES string of the molecule is COc1ccc(CCNC(=O)c2cc3ccccc3cc2O)cc1Br. The van der Waals surface area contributed by atoms with Gasteiger partial charge in [0, 0.05) is 6.54 Å². The van der Waals surface area contributed by atoms with E-state index in [0.29, 0.717) is 13.0 Å². The van der Waals surface area contributed by atoms with Crippen LogP contribution in [-0.2, 0) is 6.42 Å². The summed E-state index contributed by atoms with van der Waals surface area (Å²) in [7, 11) is 1.62. The number of amides is 1. The summed E-state index contributed by atoms with van der Waals surface area (Å²) in [5.41, 5.74) is 1.37. The third-order valence-electron chi connectivity index (χ3n) is 4.02. The van der Waals surface area contributed by atoms with E-state index < -0.39 is 0 Å². The largest absolute Gasteiger partial charge is 0.507 e. The van der Waals surface area contributed by atoms with E-state index in [1.165, 1.54) is 0 Å². The molecule has 0 bridgehead atoms. The molecule has 3 rings (SSSR count). The first kappa shape index (κ1) is 17.3. The molecule has 0 aliphatic carbocycles. The summed E-state index contributed by atoms with van der Waals surface area (Å²) in [5.74, 6) is 0.480. The van der Waals surface area contributed by atoms with E-state index in [1.807, 2.05) is 42.5 Å². The standard InChI is InChI=1S/C20H18BrNO3/c1-25-19-7-6-13(10-17(19)21)8-9-22-20(24)16-11-14-4-2-3-5-15(14)12-18(16)23/h2-7,10-12,23H,8-9H2,1H3,(H,22,24). The average molecular weight is 400 g/mol. The summed E-state index contributed by atoms with van der Waals surface area (Å²) in [6, 6.07) is 16.8. The third-order valence-corrected chi connectivity index (χ3v) is 4.64. The number of phenolic OH excluding ortho intramolecular Hbond substituents is 1. The van der Waals surface area contributed by atoms with Crippen molar-refractivity contribution >= 4 is 32.6 Å². The molecule has 0 saturated heterocycles. The van der Waals surface area contributed by atoms with Crippen LogP contribution >= 0.6 is 15.9 Å². The van der Waals surface area contributed by atoms with Crippen molar-refractivity contribution in [3.63, 3.8) is 0 Å². The molecule has 0 radical (unpaired) electrons. The number of ether oxygens (including phenoxy) is 1. The molecule has 1 amide bonds. The van der Waals surface area contributed by atoms with E-state index in [2.05, 4.69) is 21.2 Å². The number of aromatic hydroxyl groups is 1. The van der Waals surface area contributed by atoms with Crippen LogP contribution in [0.5, 0.6) is 11.5 Å². The molecule has 5 heteroatoms. The Morgan fingerprint density at radius 3 is 2.52 bits per heavy atom. The minimum Gasteiger partial charge on any atom is -0.507 e. The topological polar surface area (TPSA) is 58.6 Å². The summed E-state index contributed by atoms with van der Waals surface area (Å²) < 4.78 is 6.08. The molecule has 128 valence electrons. The fourth-order valence-corrected chi connectivity index (χ4v) is 3.28. The first-order valence-electron chi connectivity index (χ1n) is 7.91. The predicted octanol–water partition coefficient (Wildman–Crippen LogP) is 4.29. The van der Waals surface area contributed by atoms with E-state index in [0.717, 1.165) is 26.6 Å². The number of halogens is 1. The quantitative estimate of drug-likeness (QED) is 0.672. The second kappa shape index (κ2) is 7.57. The van der Waals surface area contributed by atoms with Crippen LogP contribution in [0.2, 0.25) is 0 Å². The van der Waals surface area contributed by atoms with Crippen molar-refractivity contribution in [3.8, 4) is 11.5 Å². The number of hydrogen-bond donors (Lipinski definition) is 2. The van der Waals surface area contributed by atoms with Crippen molar-refractivity contribution in [1.29, 1.82) is 0 Å². The molecule has 0 atom stereocenters. The van der Waals surface area contributed by atoms with Crippen LogP contribution in [0.1, 0.15) is 15.9 Å². The number of hydrogen-bond acceptors (Lipinski definition) is 3. The minimum atomic E-state index is -0.282. The Labute approximate surface area is 154 Å². The molecule has 25 heavy (non-hydrogen) atoms. The monoisotopic (exact) mass is 399 g/mol. The Morgan fingerprint density at radius 2 is 1.84 bits per heavy atom. The molecule has 0 aliphatic heterocycles. The van der Waals surface area contributed by atoms with Gasteiger partial charge in [-0.05, 0) is 63.0 Å². The van der Waals surface area contributed by atoms with Gasteiger partial charge in [-0.2, -0.15) is 0 Å². The highest BCUT2D eigenvalue weighted by atomic mass is 79.9. The molecule has 3 aromatic rings. The van der Waals surface area contributed by atoms with Gasteiger partial charge in [-0.1, -0.05) is 30.3 Å². The summed E-state index contributed by atoms with van der Waals surface area (Å²) in [5, 5.41) is 14.8. The van der Waals surface area contributed by atoms with Crippen molar-refractivity contribution in [1.82, 2.24) is 5.32 Å². The van der Waals surface area contributed by atoms with Gasteiger partial charge in [0.1, 0.15) is 11.5 Å². The van der Waals surface area contributed by atoms with Crippen LogP contribution in [0.3, 0.4) is 0 Å². The molecular formula is C20H18BrNO3. The highest BCUT2D eigenvalue weighted by Crippen LogP contribution is 2.26. The lowest BCUT2D eigenvalue weighted by Crippen LogP contribution is -2.25. The summed E-state index contributed by atoms with van der Waals surface area (Å²) in [4.78, 5) is 12.4. The van der Waals surface area contributed by atoms with Crippen LogP contribution in [0.25, 0.3) is 10.8 Å². The van der Waals surface area contributed by atoms with E-state index in [-0.39, 0.29) is 17.2 Å². The molecule has 0 spiro atoms. The third kappa shape index (κ3) is 3.94. The molecule has 2 N–H and O–H groups in total. The highest BCUT2D eigenvalue weighted by molar-refractivity contribution is 9.10. The maximum absolute atomic E-state index is 12.4. The van der Waals surface area contributed by atoms with E-state index in [1.54, 1.807) is 19.2 Å². The zero-order valence-electron chi connectivity index (χ0n) is 13.8. The van der Waals surface area contributed by atoms with Gasteiger partial charge in [0.25, 0.3) is 5.91 Å². The van der Waals surface area contributed by atoms with E-state index >= 15 is 0 Å². The van der Waals surface area contributed by atoms with Gasteiger partial charge in [-0.15, -0.1) is 0 Å². The fourth-order valence-electron chi connectivity index (χ4n) is 2.69. The highest BCUT2D eigenvalue weighted by Gasteiger charge is 2.12. The lowest BCUT2D eigenvalue weighted by atomic mass is 10.1. The molecule has 4 nitrogen and oxygen atoms in total. The van der Waals surface area contributed by atoms with Gasteiger partial charge in [0.15, 0.2) is 0 Å². The van der Waals surface area contributed by atoms with Crippen molar-refractivity contribution < 1.29 is 14.6 Å². The van der Waals surface area contributed by atoms with Crippen LogP contribution in [0.4, 0.5) is 0 Å². The van der Waals surface area contributed by atoms with Gasteiger partial charge < -0.3 is 15.2 Å². The zero-order valence-corrected chi connectivity index (χ0v) is 15.3. The maximum Gasteiger partial charge on any atom is 0.255 e. The number of benzene rings is 3. The molecular weight excluding hydrogens is 382 g/mol. The smallest absolute Gasteiger partial charge is 0.255 e. The van der Waals surface area contributed by atoms with E-state index in [9.17, 15) is 9.90 Å². The van der Waals surface area contributed by atoms with Crippen molar-refractivity contribution in [2.24, 2.45) is 0 Å². The average Bonchev–Trinajstić information content (AvgIpc) is 2.61. The molecule has 0 aromatic heterocycles. The Hall–Kier alpha value is -2.53. The Balaban J connectivity index is 1.66. The summed E-state index contributed by atoms with van der Waals surface area (Å²) in [6.45, 7) is 0.476. The summed E-state index contributed by atoms with van der Waals surface area (Å²) in [6.07, 6.45) is 0.683. The Bertz CT molecular complexity index is 924. The predicted molar refractivity (Wildman–Crippen MR) is 102 cm³/mol. The second-order valence-corrected chi connectivity index (χ2v) is 6.55. The van der Waals surface area contributed by atoms with Crippen molar-refractivity contribution in [3.05, 3.63) is 70.2 Å². The lowest BCUT2D eigenvalue weighted by molar-refractivity contribution is 0.0951. The molecule has 0 heterocycles. The minimum absolute atomic E-state index is 0.0107. The van der Waals surface area contributed by atoms with Crippen LogP contribution in [0, 0.1) is 0 Å². The Kier molecular flexibility index (Phi) is 5.24. The number of fused-ring (bicyclic) bond motifs is 1. The summed E-state index contributed by atoms with van der Waals surface area (Å²) >= 11 is 3.45. The molecule has 3 aromatic carbocycles. The number of rotatable bonds is 5. The lowest BCUT2D eigenvalue weighted by Gasteiger charge is -2.09. The van der Waals surface area contributed by atoms with Gasteiger partial charge in [0.2, 0.25) is 0 Å². The second-order valence-electron chi connectivity index (χ2n) is 5.69. The van der Waals surface area contributed by atoms with Gasteiger partial charge >= 0.3 is 0 Å². The van der Waals surface area contributed by atoms with Gasteiger partial charge in [0.05, 0.1) is 17.1 Å². The number of phenols is 1. The number of carbonyl (C=O) groups is 1. The zero-order chi connectivity index (χ0) is 17.8. The number of carbonyl (C=O) groups excluding carboxylic acids is 1. The van der Waals surface area contributed by atoms with Gasteiger partial charge in [-0.3, -0.25) is 4.79 Å². The van der Waals surface area contributed by atoms with Crippen LogP contribution < -0.4 is 10.1 Å². The first-order chi connectivity index (χ1) is 12.1. The number of nitrogens with one attached hydrogen (secondary N) is 1. The molecule has 0 unspecified atom stereocenters. The molecule has 0 saturated carbocycles. The van der Waals surface area contributed by atoms with Gasteiger partial charge in [-0.25, -0.2) is 0 Å². The van der Waals surface area contributed by atoms with Crippen molar-refractivity contribution in [2.75, 3.05) is 13.7 Å². The normalized spacial score (nSPS) is 10.6. The molecule has 0 aliphatic rings. The van der Waals surface area contributed by atoms with Crippen molar-refractivity contribution in [2.45, 2.75) is 6.42 Å². The Morgan fingerprint density at radius 1 is 1.12 bits per heavy atom. The van der Waals surface area contributed by atoms with Crippen LogP contribution in [0.15, 0.2) is 59.1 Å². The van der Waals surface area contributed by atoms with Crippen LogP contribution in [-0.4, -0.2) is 24.7 Å². The first-order valence-corrected chi connectivity index (χ1v) is 8.70. The van der Waals surface area contributed by atoms with E-state index in [4.69, 9.17) is 4.74 Å². The number of methoxy groups -OCH3 is 1. The maximum atomic E-state index is 12.4. The fraction of sp³-hybridized carbons (Fsp3) is 0.150. The molecule has 0 fully saturated rings.